The molecule has 0 aliphatic rings. The van der Waals surface area contributed by atoms with E-state index < -0.39 is 11.4 Å². The maximum atomic E-state index is 11.8. The van der Waals surface area contributed by atoms with E-state index in [4.69, 9.17) is 5.11 Å². The molecule has 0 heterocycles. The van der Waals surface area contributed by atoms with Gasteiger partial charge < -0.3 is 10.4 Å². The molecule has 17 heavy (non-hydrogen) atoms. The van der Waals surface area contributed by atoms with Gasteiger partial charge in [0.1, 0.15) is 0 Å². The average molecular weight is 235 g/mol. The molecule has 0 saturated heterocycles. The number of carbonyl (C=O) groups is 2. The fourth-order valence-corrected chi connectivity index (χ4v) is 1.27. The third kappa shape index (κ3) is 3.59. The van der Waals surface area contributed by atoms with E-state index in [2.05, 4.69) is 5.32 Å². The molecule has 1 rings (SSSR count). The summed E-state index contributed by atoms with van der Waals surface area (Å²) in [6.07, 6.45) is 0. The van der Waals surface area contributed by atoms with Crippen molar-refractivity contribution < 1.29 is 14.7 Å². The fourth-order valence-electron chi connectivity index (χ4n) is 1.27. The number of benzene rings is 1. The molecule has 0 spiro atoms. The van der Waals surface area contributed by atoms with E-state index in [0.717, 1.165) is 5.56 Å². The van der Waals surface area contributed by atoms with Gasteiger partial charge in [0.05, 0.1) is 5.41 Å². The van der Waals surface area contributed by atoms with Gasteiger partial charge in [0.15, 0.2) is 0 Å². The highest BCUT2D eigenvalue weighted by molar-refractivity contribution is 5.94. The maximum absolute atomic E-state index is 11.8. The number of carbonyl (C=O) groups excluding carboxylic acids is 1. The lowest BCUT2D eigenvalue weighted by Crippen LogP contribution is -2.38. The van der Waals surface area contributed by atoms with Gasteiger partial charge in [-0.05, 0) is 32.9 Å². The van der Waals surface area contributed by atoms with Crippen molar-refractivity contribution in [3.05, 3.63) is 35.4 Å². The molecule has 0 unspecified atom stereocenters. The highest BCUT2D eigenvalue weighted by Gasteiger charge is 2.27. The summed E-state index contributed by atoms with van der Waals surface area (Å²) in [5.74, 6) is -1.18. The van der Waals surface area contributed by atoms with E-state index in [-0.39, 0.29) is 12.5 Å². The van der Waals surface area contributed by atoms with E-state index in [0.29, 0.717) is 5.56 Å². The van der Waals surface area contributed by atoms with Crippen LogP contribution in [0.3, 0.4) is 0 Å². The van der Waals surface area contributed by atoms with E-state index in [9.17, 15) is 9.59 Å². The Balaban J connectivity index is 2.65. The minimum Gasteiger partial charge on any atom is -0.481 e. The number of aryl methyl sites for hydroxylation is 1. The Morgan fingerprint density at radius 1 is 1.35 bits per heavy atom. The molecule has 4 heteroatoms. The van der Waals surface area contributed by atoms with Crippen LogP contribution in [0.2, 0.25) is 0 Å². The number of amides is 1. The number of carboxylic acids is 1. The van der Waals surface area contributed by atoms with Crippen LogP contribution in [0.15, 0.2) is 24.3 Å². The molecule has 0 aromatic heterocycles. The summed E-state index contributed by atoms with van der Waals surface area (Å²) in [5.41, 5.74) is 0.584. The largest absolute Gasteiger partial charge is 0.481 e. The monoisotopic (exact) mass is 235 g/mol. The molecule has 0 radical (unpaired) electrons. The molecule has 0 aliphatic heterocycles. The molecule has 0 aliphatic carbocycles. The molecule has 2 N–H and O–H groups in total. The first kappa shape index (κ1) is 13.2. The first-order valence-corrected chi connectivity index (χ1v) is 5.41. The van der Waals surface area contributed by atoms with Crippen molar-refractivity contribution >= 4 is 11.9 Å². The van der Waals surface area contributed by atoms with Gasteiger partial charge in [-0.15, -0.1) is 0 Å². The highest BCUT2D eigenvalue weighted by atomic mass is 16.4. The third-order valence-electron chi connectivity index (χ3n) is 2.55. The normalized spacial score (nSPS) is 11.0. The van der Waals surface area contributed by atoms with Crippen molar-refractivity contribution in [2.45, 2.75) is 20.8 Å². The first-order valence-electron chi connectivity index (χ1n) is 5.41. The summed E-state index contributed by atoms with van der Waals surface area (Å²) in [4.78, 5) is 22.6. The standard InChI is InChI=1S/C13H17NO3/c1-9-5-4-6-10(7-9)11(15)14-8-13(2,3)12(16)17/h4-7H,8H2,1-3H3,(H,14,15)(H,16,17). The lowest BCUT2D eigenvalue weighted by molar-refractivity contribution is -0.146. The van der Waals surface area contributed by atoms with Gasteiger partial charge in [-0.1, -0.05) is 17.7 Å². The second-order valence-electron chi connectivity index (χ2n) is 4.74. The zero-order valence-electron chi connectivity index (χ0n) is 10.3. The summed E-state index contributed by atoms with van der Waals surface area (Å²) in [5, 5.41) is 11.5. The molecular formula is C13H17NO3. The Hall–Kier alpha value is -1.84. The number of aliphatic carboxylic acids is 1. The lowest BCUT2D eigenvalue weighted by Gasteiger charge is -2.19. The van der Waals surface area contributed by atoms with Gasteiger partial charge in [0.25, 0.3) is 5.91 Å². The van der Waals surface area contributed by atoms with Crippen molar-refractivity contribution in [3.8, 4) is 0 Å². The zero-order chi connectivity index (χ0) is 13.1. The van der Waals surface area contributed by atoms with Gasteiger partial charge in [0.2, 0.25) is 0 Å². The molecule has 0 saturated carbocycles. The predicted octanol–water partition coefficient (Wildman–Crippen LogP) is 1.84. The van der Waals surface area contributed by atoms with Crippen LogP contribution in [0.25, 0.3) is 0 Å². The minimum absolute atomic E-state index is 0.106. The maximum Gasteiger partial charge on any atom is 0.310 e. The van der Waals surface area contributed by atoms with Crippen LogP contribution in [-0.2, 0) is 4.79 Å². The van der Waals surface area contributed by atoms with E-state index in [1.807, 2.05) is 13.0 Å². The minimum atomic E-state index is -0.959. The number of hydrogen-bond donors (Lipinski definition) is 2. The van der Waals surface area contributed by atoms with Crippen molar-refractivity contribution in [1.82, 2.24) is 5.32 Å². The SMILES string of the molecule is Cc1cccc(C(=O)NCC(C)(C)C(=O)O)c1. The summed E-state index contributed by atoms with van der Waals surface area (Å²) < 4.78 is 0. The molecule has 4 nitrogen and oxygen atoms in total. The van der Waals surface area contributed by atoms with Crippen molar-refractivity contribution in [3.63, 3.8) is 0 Å². The summed E-state index contributed by atoms with van der Waals surface area (Å²) in [6, 6.07) is 7.17. The lowest BCUT2D eigenvalue weighted by atomic mass is 9.94. The topological polar surface area (TPSA) is 66.4 Å². The highest BCUT2D eigenvalue weighted by Crippen LogP contribution is 2.13. The van der Waals surface area contributed by atoms with Gasteiger partial charge >= 0.3 is 5.97 Å². The van der Waals surface area contributed by atoms with Crippen molar-refractivity contribution in [2.24, 2.45) is 5.41 Å². The van der Waals surface area contributed by atoms with Gasteiger partial charge in [-0.25, -0.2) is 0 Å². The summed E-state index contributed by atoms with van der Waals surface area (Å²) >= 11 is 0. The second kappa shape index (κ2) is 4.99. The van der Waals surface area contributed by atoms with Crippen LogP contribution in [0, 0.1) is 12.3 Å². The molecule has 0 atom stereocenters. The van der Waals surface area contributed by atoms with Crippen LogP contribution in [0.1, 0.15) is 29.8 Å². The average Bonchev–Trinajstić information content (AvgIpc) is 2.25. The van der Waals surface area contributed by atoms with Gasteiger partial charge in [-0.2, -0.15) is 0 Å². The smallest absolute Gasteiger partial charge is 0.310 e. The number of rotatable bonds is 4. The molecule has 1 amide bonds. The Labute approximate surface area is 101 Å². The van der Waals surface area contributed by atoms with Crippen molar-refractivity contribution in [1.29, 1.82) is 0 Å². The van der Waals surface area contributed by atoms with Crippen LogP contribution in [-0.4, -0.2) is 23.5 Å². The second-order valence-corrected chi connectivity index (χ2v) is 4.74. The quantitative estimate of drug-likeness (QED) is 0.836. The summed E-state index contributed by atoms with van der Waals surface area (Å²) in [7, 11) is 0. The van der Waals surface area contributed by atoms with E-state index >= 15 is 0 Å². The first-order chi connectivity index (χ1) is 7.83. The van der Waals surface area contributed by atoms with Crippen LogP contribution in [0.4, 0.5) is 0 Å². The van der Waals surface area contributed by atoms with E-state index in [1.165, 1.54) is 0 Å². The van der Waals surface area contributed by atoms with Gasteiger partial charge in [-0.3, -0.25) is 9.59 Å². The zero-order valence-corrected chi connectivity index (χ0v) is 10.3. The van der Waals surface area contributed by atoms with Crippen LogP contribution >= 0.6 is 0 Å². The molecule has 92 valence electrons. The number of hydrogen-bond acceptors (Lipinski definition) is 2. The number of nitrogens with one attached hydrogen (secondary N) is 1. The van der Waals surface area contributed by atoms with Crippen molar-refractivity contribution in [2.75, 3.05) is 6.54 Å². The Kier molecular flexibility index (Phi) is 3.89. The Morgan fingerprint density at radius 3 is 2.53 bits per heavy atom. The molecule has 1 aromatic rings. The van der Waals surface area contributed by atoms with Crippen LogP contribution in [0.5, 0.6) is 0 Å². The molecular weight excluding hydrogens is 218 g/mol. The molecule has 0 fully saturated rings. The van der Waals surface area contributed by atoms with E-state index in [1.54, 1.807) is 32.0 Å². The molecule has 1 aromatic carbocycles. The van der Waals surface area contributed by atoms with Gasteiger partial charge in [0, 0.05) is 12.1 Å². The number of carboxylic acid groups (broad SMARTS) is 1. The molecule has 0 bridgehead atoms. The van der Waals surface area contributed by atoms with Crippen LogP contribution < -0.4 is 5.32 Å². The predicted molar refractivity (Wildman–Crippen MR) is 64.9 cm³/mol. The Bertz CT molecular complexity index is 438. The Morgan fingerprint density at radius 2 is 2.00 bits per heavy atom. The fraction of sp³-hybridized carbons (Fsp3) is 0.385. The summed E-state index contributed by atoms with van der Waals surface area (Å²) in [6.45, 7) is 5.16. The third-order valence-corrected chi connectivity index (χ3v) is 2.55.